The molecule has 1 unspecified atom stereocenters. The van der Waals surface area contributed by atoms with Gasteiger partial charge in [-0.3, -0.25) is 0 Å². The molecule has 106 valence electrons. The monoisotopic (exact) mass is 309 g/mol. The van der Waals surface area contributed by atoms with E-state index in [1.165, 1.54) is 5.56 Å². The summed E-state index contributed by atoms with van der Waals surface area (Å²) in [7, 11) is 1.65. The molecular formula is C16H17Cl2NO. The van der Waals surface area contributed by atoms with E-state index in [0.717, 1.165) is 16.9 Å². The lowest BCUT2D eigenvalue weighted by Crippen LogP contribution is -2.15. The maximum absolute atomic E-state index is 6.28. The van der Waals surface area contributed by atoms with Crippen molar-refractivity contribution in [2.24, 2.45) is 5.73 Å². The van der Waals surface area contributed by atoms with Crippen molar-refractivity contribution < 1.29 is 4.74 Å². The predicted octanol–water partition coefficient (Wildman–Crippen LogP) is 4.55. The molecule has 4 heteroatoms. The minimum Gasteiger partial charge on any atom is -0.496 e. The lowest BCUT2D eigenvalue weighted by Gasteiger charge is -2.17. The number of halogens is 2. The van der Waals surface area contributed by atoms with Gasteiger partial charge in [0.1, 0.15) is 5.75 Å². The molecule has 2 aromatic rings. The van der Waals surface area contributed by atoms with Crippen LogP contribution in [-0.2, 0) is 6.42 Å². The van der Waals surface area contributed by atoms with Gasteiger partial charge >= 0.3 is 0 Å². The molecule has 20 heavy (non-hydrogen) atoms. The minimum absolute atomic E-state index is 0.271. The Balaban J connectivity index is 2.32. The molecular weight excluding hydrogens is 293 g/mol. The van der Waals surface area contributed by atoms with Crippen LogP contribution in [0.25, 0.3) is 0 Å². The second-order valence-electron chi connectivity index (χ2n) is 4.76. The number of ether oxygens (including phenoxy) is 1. The van der Waals surface area contributed by atoms with E-state index in [-0.39, 0.29) is 6.04 Å². The van der Waals surface area contributed by atoms with Crippen molar-refractivity contribution in [1.82, 2.24) is 0 Å². The zero-order chi connectivity index (χ0) is 14.7. The zero-order valence-corrected chi connectivity index (χ0v) is 13.0. The van der Waals surface area contributed by atoms with Gasteiger partial charge in [-0.2, -0.15) is 0 Å². The Hall–Kier alpha value is -1.22. The van der Waals surface area contributed by atoms with E-state index in [2.05, 4.69) is 6.07 Å². The minimum atomic E-state index is -0.271. The van der Waals surface area contributed by atoms with Crippen LogP contribution < -0.4 is 10.5 Å². The molecule has 0 aliphatic carbocycles. The molecule has 0 saturated heterocycles. The molecule has 0 spiro atoms. The quantitative estimate of drug-likeness (QED) is 0.899. The molecule has 1 atom stereocenters. The summed E-state index contributed by atoms with van der Waals surface area (Å²) < 4.78 is 5.38. The standard InChI is InChI=1S/C16H17Cl2NO/c1-10-6-7-15(20-2)11(8-10)9-14(19)16-12(17)4-3-5-13(16)18/h3-8,14H,9,19H2,1-2H3. The topological polar surface area (TPSA) is 35.2 Å². The summed E-state index contributed by atoms with van der Waals surface area (Å²) in [4.78, 5) is 0. The number of hydrogen-bond donors (Lipinski definition) is 1. The lowest BCUT2D eigenvalue weighted by molar-refractivity contribution is 0.408. The summed E-state index contributed by atoms with van der Waals surface area (Å²) in [5.41, 5.74) is 9.27. The molecule has 2 aromatic carbocycles. The van der Waals surface area contributed by atoms with Crippen LogP contribution >= 0.6 is 23.2 Å². The van der Waals surface area contributed by atoms with Gasteiger partial charge in [0.15, 0.2) is 0 Å². The molecule has 0 aliphatic rings. The van der Waals surface area contributed by atoms with Crippen molar-refractivity contribution in [3.05, 3.63) is 63.1 Å². The van der Waals surface area contributed by atoms with Crippen LogP contribution in [0.1, 0.15) is 22.7 Å². The number of rotatable bonds is 4. The van der Waals surface area contributed by atoms with E-state index in [0.29, 0.717) is 16.5 Å². The average Bonchev–Trinajstić information content (AvgIpc) is 2.38. The normalized spacial score (nSPS) is 12.2. The second kappa shape index (κ2) is 6.49. The first kappa shape index (κ1) is 15.2. The lowest BCUT2D eigenvalue weighted by atomic mass is 9.97. The summed E-state index contributed by atoms with van der Waals surface area (Å²) in [6.45, 7) is 2.04. The van der Waals surface area contributed by atoms with E-state index in [1.54, 1.807) is 19.2 Å². The van der Waals surface area contributed by atoms with Crippen LogP contribution in [0.15, 0.2) is 36.4 Å². The van der Waals surface area contributed by atoms with Crippen molar-refractivity contribution in [1.29, 1.82) is 0 Å². The fourth-order valence-corrected chi connectivity index (χ4v) is 2.95. The van der Waals surface area contributed by atoms with Gasteiger partial charge in [-0.25, -0.2) is 0 Å². The van der Waals surface area contributed by atoms with Gasteiger partial charge < -0.3 is 10.5 Å². The molecule has 0 saturated carbocycles. The first-order chi connectivity index (χ1) is 9.52. The number of benzene rings is 2. The maximum Gasteiger partial charge on any atom is 0.122 e. The van der Waals surface area contributed by atoms with E-state index < -0.39 is 0 Å². The van der Waals surface area contributed by atoms with Gasteiger partial charge in [-0.05, 0) is 37.1 Å². The number of methoxy groups -OCH3 is 1. The van der Waals surface area contributed by atoms with Gasteiger partial charge in [0, 0.05) is 21.7 Å². The molecule has 0 radical (unpaired) electrons. The van der Waals surface area contributed by atoms with Crippen molar-refractivity contribution in [3.63, 3.8) is 0 Å². The Morgan fingerprint density at radius 1 is 1.15 bits per heavy atom. The highest BCUT2D eigenvalue weighted by Gasteiger charge is 2.16. The van der Waals surface area contributed by atoms with Crippen LogP contribution in [-0.4, -0.2) is 7.11 Å². The largest absolute Gasteiger partial charge is 0.496 e. The van der Waals surface area contributed by atoms with Gasteiger partial charge in [0.25, 0.3) is 0 Å². The van der Waals surface area contributed by atoms with Crippen LogP contribution in [0.2, 0.25) is 10.0 Å². The second-order valence-corrected chi connectivity index (χ2v) is 5.58. The molecule has 2 nitrogen and oxygen atoms in total. The fraction of sp³-hybridized carbons (Fsp3) is 0.250. The highest BCUT2D eigenvalue weighted by atomic mass is 35.5. The average molecular weight is 310 g/mol. The third-order valence-electron chi connectivity index (χ3n) is 3.25. The Labute approximate surface area is 129 Å². The maximum atomic E-state index is 6.28. The van der Waals surface area contributed by atoms with Crippen molar-refractivity contribution in [3.8, 4) is 5.75 Å². The van der Waals surface area contributed by atoms with Crippen LogP contribution in [0.3, 0.4) is 0 Å². The van der Waals surface area contributed by atoms with Crippen LogP contribution in [0, 0.1) is 6.92 Å². The number of hydrogen-bond acceptors (Lipinski definition) is 2. The molecule has 0 bridgehead atoms. The molecule has 0 aromatic heterocycles. The summed E-state index contributed by atoms with van der Waals surface area (Å²) in [6, 6.07) is 11.2. The van der Waals surface area contributed by atoms with Crippen molar-refractivity contribution >= 4 is 23.2 Å². The van der Waals surface area contributed by atoms with E-state index in [4.69, 9.17) is 33.7 Å². The van der Waals surface area contributed by atoms with Gasteiger partial charge in [-0.15, -0.1) is 0 Å². The molecule has 0 fully saturated rings. The number of aryl methyl sites for hydroxylation is 1. The Kier molecular flexibility index (Phi) is 4.92. The number of nitrogens with two attached hydrogens (primary N) is 1. The van der Waals surface area contributed by atoms with E-state index in [1.807, 2.05) is 25.1 Å². The van der Waals surface area contributed by atoms with Crippen molar-refractivity contribution in [2.45, 2.75) is 19.4 Å². The molecule has 0 aliphatic heterocycles. The summed E-state index contributed by atoms with van der Waals surface area (Å²) in [6.07, 6.45) is 0.619. The third kappa shape index (κ3) is 3.26. The first-order valence-corrected chi connectivity index (χ1v) is 7.11. The third-order valence-corrected chi connectivity index (χ3v) is 3.91. The van der Waals surface area contributed by atoms with E-state index in [9.17, 15) is 0 Å². The summed E-state index contributed by atoms with van der Waals surface area (Å²) in [5.74, 6) is 0.828. The molecule has 2 N–H and O–H groups in total. The highest BCUT2D eigenvalue weighted by Crippen LogP contribution is 2.32. The highest BCUT2D eigenvalue weighted by molar-refractivity contribution is 6.36. The SMILES string of the molecule is COc1ccc(C)cc1CC(N)c1c(Cl)cccc1Cl. The smallest absolute Gasteiger partial charge is 0.122 e. The molecule has 2 rings (SSSR count). The first-order valence-electron chi connectivity index (χ1n) is 6.36. The van der Waals surface area contributed by atoms with Crippen molar-refractivity contribution in [2.75, 3.05) is 7.11 Å². The predicted molar refractivity (Wildman–Crippen MR) is 84.8 cm³/mol. The van der Waals surface area contributed by atoms with Gasteiger partial charge in [-0.1, -0.05) is 47.0 Å². The van der Waals surface area contributed by atoms with Gasteiger partial charge in [0.05, 0.1) is 7.11 Å². The van der Waals surface area contributed by atoms with Crippen LogP contribution in [0.4, 0.5) is 0 Å². The molecule has 0 amide bonds. The molecule has 0 heterocycles. The Morgan fingerprint density at radius 2 is 1.80 bits per heavy atom. The summed E-state index contributed by atoms with van der Waals surface area (Å²) >= 11 is 12.4. The van der Waals surface area contributed by atoms with Crippen LogP contribution in [0.5, 0.6) is 5.75 Å². The summed E-state index contributed by atoms with van der Waals surface area (Å²) in [5, 5.41) is 1.19. The Morgan fingerprint density at radius 3 is 2.40 bits per heavy atom. The Bertz CT molecular complexity index is 593. The fourth-order valence-electron chi connectivity index (χ4n) is 2.27. The zero-order valence-electron chi connectivity index (χ0n) is 11.5. The van der Waals surface area contributed by atoms with Gasteiger partial charge in [0.2, 0.25) is 0 Å². The van der Waals surface area contributed by atoms with E-state index >= 15 is 0 Å².